The molecule has 1 unspecified atom stereocenters. The van der Waals surface area contributed by atoms with E-state index in [2.05, 4.69) is 21.2 Å². The van der Waals surface area contributed by atoms with Gasteiger partial charge in [0.25, 0.3) is 0 Å². The fourth-order valence-electron chi connectivity index (χ4n) is 2.40. The van der Waals surface area contributed by atoms with Crippen molar-refractivity contribution in [1.82, 2.24) is 5.32 Å². The number of halogens is 3. The molecule has 4 nitrogen and oxygen atoms in total. The van der Waals surface area contributed by atoms with Crippen LogP contribution in [0.25, 0.3) is 0 Å². The first-order chi connectivity index (χ1) is 12.5. The maximum Gasteiger partial charge on any atom is 0.175 e. The summed E-state index contributed by atoms with van der Waals surface area (Å²) in [5.74, 6) is 1.23. The van der Waals surface area contributed by atoms with Gasteiger partial charge in [0.2, 0.25) is 0 Å². The lowest BCUT2D eigenvalue weighted by Crippen LogP contribution is -2.31. The van der Waals surface area contributed by atoms with Crippen LogP contribution in [0.2, 0.25) is 10.0 Å². The van der Waals surface area contributed by atoms with Crippen molar-refractivity contribution in [2.45, 2.75) is 32.5 Å². The highest BCUT2D eigenvalue weighted by Gasteiger charge is 2.14. The monoisotopic (exact) mass is 461 g/mol. The largest absolute Gasteiger partial charge is 0.493 e. The third kappa shape index (κ3) is 5.76. The van der Waals surface area contributed by atoms with E-state index in [-0.39, 0.29) is 12.6 Å². The van der Waals surface area contributed by atoms with Crippen molar-refractivity contribution in [1.29, 1.82) is 0 Å². The molecule has 0 fully saturated rings. The predicted molar refractivity (Wildman–Crippen MR) is 109 cm³/mol. The molecule has 0 spiro atoms. The first-order valence-electron chi connectivity index (χ1n) is 8.25. The third-order valence-electron chi connectivity index (χ3n) is 3.98. The molecule has 0 aliphatic carbocycles. The summed E-state index contributed by atoms with van der Waals surface area (Å²) in [6, 6.07) is 9.26. The van der Waals surface area contributed by atoms with Crippen LogP contribution in [0.3, 0.4) is 0 Å². The normalized spacial score (nSPS) is 12.1. The van der Waals surface area contributed by atoms with Gasteiger partial charge in [-0.15, -0.1) is 0 Å². The summed E-state index contributed by atoms with van der Waals surface area (Å²) in [5, 5.41) is 13.7. The van der Waals surface area contributed by atoms with E-state index in [4.69, 9.17) is 32.7 Å². The molecule has 0 amide bonds. The topological polar surface area (TPSA) is 50.7 Å². The molecule has 0 heterocycles. The third-order valence-corrected chi connectivity index (χ3v) is 5.16. The number of rotatable bonds is 9. The molecule has 0 aliphatic heterocycles. The fourth-order valence-corrected chi connectivity index (χ4v) is 3.47. The molecule has 2 aromatic carbocycles. The standard InChI is InChI=1S/C19H22BrCl2NO3/c1-3-15(10-24)23-9-12-6-16(20)19(18(7-12)25-2)26-11-13-4-5-14(21)8-17(13)22/h4-8,15,23-24H,3,9-11H2,1-2H3. The molecule has 2 rings (SSSR count). The van der Waals surface area contributed by atoms with Gasteiger partial charge in [0.05, 0.1) is 18.2 Å². The van der Waals surface area contributed by atoms with Gasteiger partial charge in [0.1, 0.15) is 6.61 Å². The van der Waals surface area contributed by atoms with Crippen molar-refractivity contribution < 1.29 is 14.6 Å². The molecular weight excluding hydrogens is 441 g/mol. The van der Waals surface area contributed by atoms with Gasteiger partial charge in [0, 0.05) is 28.2 Å². The molecule has 26 heavy (non-hydrogen) atoms. The predicted octanol–water partition coefficient (Wildman–Crippen LogP) is 5.20. The van der Waals surface area contributed by atoms with E-state index in [9.17, 15) is 5.11 Å². The van der Waals surface area contributed by atoms with Crippen molar-refractivity contribution in [2.24, 2.45) is 0 Å². The lowest BCUT2D eigenvalue weighted by molar-refractivity contribution is 0.238. The molecule has 0 bridgehead atoms. The Morgan fingerprint density at radius 1 is 1.23 bits per heavy atom. The number of hydrogen-bond acceptors (Lipinski definition) is 4. The van der Waals surface area contributed by atoms with Gasteiger partial charge in [-0.2, -0.15) is 0 Å². The molecule has 2 aromatic rings. The van der Waals surface area contributed by atoms with Crippen LogP contribution in [0.15, 0.2) is 34.8 Å². The zero-order valence-corrected chi connectivity index (χ0v) is 17.8. The lowest BCUT2D eigenvalue weighted by Gasteiger charge is -2.17. The van der Waals surface area contributed by atoms with Crippen molar-refractivity contribution in [3.63, 3.8) is 0 Å². The van der Waals surface area contributed by atoms with Crippen LogP contribution >= 0.6 is 39.1 Å². The van der Waals surface area contributed by atoms with Crippen LogP contribution in [0.4, 0.5) is 0 Å². The smallest absolute Gasteiger partial charge is 0.175 e. The number of aliphatic hydroxyl groups is 1. The quantitative estimate of drug-likeness (QED) is 0.537. The summed E-state index contributed by atoms with van der Waals surface area (Å²) < 4.78 is 12.2. The van der Waals surface area contributed by atoms with E-state index in [1.807, 2.05) is 25.1 Å². The maximum absolute atomic E-state index is 9.29. The molecule has 0 radical (unpaired) electrons. The zero-order chi connectivity index (χ0) is 19.1. The molecule has 0 saturated heterocycles. The van der Waals surface area contributed by atoms with Crippen LogP contribution in [0, 0.1) is 0 Å². The first kappa shape index (κ1) is 21.3. The van der Waals surface area contributed by atoms with Crippen molar-refractivity contribution in [3.05, 3.63) is 56.0 Å². The van der Waals surface area contributed by atoms with E-state index < -0.39 is 0 Å². The van der Waals surface area contributed by atoms with E-state index >= 15 is 0 Å². The Kier molecular flexibility index (Phi) is 8.51. The second kappa shape index (κ2) is 10.4. The zero-order valence-electron chi connectivity index (χ0n) is 14.7. The van der Waals surface area contributed by atoms with Crippen molar-refractivity contribution >= 4 is 39.1 Å². The van der Waals surface area contributed by atoms with E-state index in [1.165, 1.54) is 0 Å². The molecular formula is C19H22BrCl2NO3. The first-order valence-corrected chi connectivity index (χ1v) is 9.80. The second-order valence-electron chi connectivity index (χ2n) is 5.80. The molecule has 1 atom stereocenters. The Bertz CT molecular complexity index is 739. The van der Waals surface area contributed by atoms with Crippen LogP contribution < -0.4 is 14.8 Å². The Morgan fingerprint density at radius 2 is 2.00 bits per heavy atom. The number of aliphatic hydroxyl groups excluding tert-OH is 1. The average Bonchev–Trinajstić information content (AvgIpc) is 2.62. The van der Waals surface area contributed by atoms with E-state index in [0.29, 0.717) is 34.7 Å². The summed E-state index contributed by atoms with van der Waals surface area (Å²) in [6.07, 6.45) is 0.859. The summed E-state index contributed by atoms with van der Waals surface area (Å²) in [5.41, 5.74) is 1.86. The van der Waals surface area contributed by atoms with Gasteiger partial charge >= 0.3 is 0 Å². The van der Waals surface area contributed by atoms with Crippen LogP contribution in [-0.2, 0) is 13.2 Å². The Morgan fingerprint density at radius 3 is 2.62 bits per heavy atom. The van der Waals surface area contributed by atoms with Crippen molar-refractivity contribution in [3.8, 4) is 11.5 Å². The highest BCUT2D eigenvalue weighted by molar-refractivity contribution is 9.10. The van der Waals surface area contributed by atoms with Gasteiger partial charge in [-0.05, 0) is 52.2 Å². The molecule has 0 aromatic heterocycles. The Balaban J connectivity index is 2.13. The molecule has 7 heteroatoms. The molecule has 142 valence electrons. The Labute approximate surface area is 172 Å². The highest BCUT2D eigenvalue weighted by atomic mass is 79.9. The van der Waals surface area contributed by atoms with E-state index in [1.54, 1.807) is 19.2 Å². The average molecular weight is 463 g/mol. The number of ether oxygens (including phenoxy) is 2. The fraction of sp³-hybridized carbons (Fsp3) is 0.368. The molecule has 0 saturated carbocycles. The summed E-state index contributed by atoms with van der Waals surface area (Å²) in [4.78, 5) is 0. The van der Waals surface area contributed by atoms with Crippen LogP contribution in [0.5, 0.6) is 11.5 Å². The van der Waals surface area contributed by atoms with Gasteiger partial charge < -0.3 is 19.9 Å². The van der Waals surface area contributed by atoms with Gasteiger partial charge in [-0.3, -0.25) is 0 Å². The SMILES string of the molecule is CCC(CO)NCc1cc(Br)c(OCc2ccc(Cl)cc2Cl)c(OC)c1. The van der Waals surface area contributed by atoms with Crippen molar-refractivity contribution in [2.75, 3.05) is 13.7 Å². The summed E-state index contributed by atoms with van der Waals surface area (Å²) in [6.45, 7) is 3.06. The highest BCUT2D eigenvalue weighted by Crippen LogP contribution is 2.37. The number of nitrogens with one attached hydrogen (secondary N) is 1. The lowest BCUT2D eigenvalue weighted by atomic mass is 10.1. The second-order valence-corrected chi connectivity index (χ2v) is 7.50. The summed E-state index contributed by atoms with van der Waals surface area (Å²) in [7, 11) is 1.60. The maximum atomic E-state index is 9.29. The molecule has 2 N–H and O–H groups in total. The minimum Gasteiger partial charge on any atom is -0.493 e. The van der Waals surface area contributed by atoms with Gasteiger partial charge in [-0.25, -0.2) is 0 Å². The van der Waals surface area contributed by atoms with Gasteiger partial charge in [0.15, 0.2) is 11.5 Å². The number of methoxy groups -OCH3 is 1. The van der Waals surface area contributed by atoms with Crippen LogP contribution in [0.1, 0.15) is 24.5 Å². The van der Waals surface area contributed by atoms with Crippen LogP contribution in [-0.4, -0.2) is 24.9 Å². The molecule has 0 aliphatic rings. The minimum atomic E-state index is 0.0720. The van der Waals surface area contributed by atoms with Gasteiger partial charge in [-0.1, -0.05) is 36.2 Å². The van der Waals surface area contributed by atoms with E-state index in [0.717, 1.165) is 22.0 Å². The Hall–Kier alpha value is -0.980. The number of hydrogen-bond donors (Lipinski definition) is 2. The summed E-state index contributed by atoms with van der Waals surface area (Å²) >= 11 is 15.7. The number of benzene rings is 2. The minimum absolute atomic E-state index is 0.0720.